The molecular weight excluding hydrogens is 148 g/mol. The Kier molecular flexibility index (Phi) is 6.45. The molecule has 0 fully saturated rings. The SMILES string of the molecule is COCC(C)OCC(O)CO. The van der Waals surface area contributed by atoms with E-state index >= 15 is 0 Å². The predicted molar refractivity (Wildman–Crippen MR) is 40.4 cm³/mol. The first-order chi connectivity index (χ1) is 5.20. The molecule has 2 unspecified atom stereocenters. The number of hydrogen-bond donors (Lipinski definition) is 2. The molecular formula is C7H16O4. The summed E-state index contributed by atoms with van der Waals surface area (Å²) < 4.78 is 9.90. The van der Waals surface area contributed by atoms with Crippen LogP contribution in [0.1, 0.15) is 6.92 Å². The van der Waals surface area contributed by atoms with Gasteiger partial charge in [0, 0.05) is 7.11 Å². The largest absolute Gasteiger partial charge is 0.394 e. The van der Waals surface area contributed by atoms with Crippen molar-refractivity contribution in [3.8, 4) is 0 Å². The molecule has 11 heavy (non-hydrogen) atoms. The van der Waals surface area contributed by atoms with Crippen molar-refractivity contribution >= 4 is 0 Å². The maximum atomic E-state index is 8.86. The smallest absolute Gasteiger partial charge is 0.100 e. The maximum Gasteiger partial charge on any atom is 0.100 e. The summed E-state index contributed by atoms with van der Waals surface area (Å²) in [4.78, 5) is 0. The van der Waals surface area contributed by atoms with Gasteiger partial charge < -0.3 is 19.7 Å². The lowest BCUT2D eigenvalue weighted by Crippen LogP contribution is -2.25. The van der Waals surface area contributed by atoms with Gasteiger partial charge in [0.2, 0.25) is 0 Å². The van der Waals surface area contributed by atoms with Crippen LogP contribution in [0.3, 0.4) is 0 Å². The Labute approximate surface area is 66.7 Å². The highest BCUT2D eigenvalue weighted by atomic mass is 16.5. The van der Waals surface area contributed by atoms with Gasteiger partial charge in [-0.1, -0.05) is 0 Å². The molecule has 0 aliphatic rings. The number of rotatable bonds is 6. The first kappa shape index (κ1) is 10.8. The van der Waals surface area contributed by atoms with Crippen molar-refractivity contribution in [1.29, 1.82) is 0 Å². The molecule has 0 spiro atoms. The van der Waals surface area contributed by atoms with E-state index in [2.05, 4.69) is 0 Å². The van der Waals surface area contributed by atoms with Gasteiger partial charge in [0.25, 0.3) is 0 Å². The fourth-order valence-electron chi connectivity index (χ4n) is 0.611. The first-order valence-corrected chi connectivity index (χ1v) is 3.60. The number of hydrogen-bond acceptors (Lipinski definition) is 4. The summed E-state index contributed by atoms with van der Waals surface area (Å²) in [6.07, 6.45) is -0.824. The van der Waals surface area contributed by atoms with Gasteiger partial charge in [-0.25, -0.2) is 0 Å². The van der Waals surface area contributed by atoms with Crippen LogP contribution < -0.4 is 0 Å². The van der Waals surface area contributed by atoms with Crippen molar-refractivity contribution in [3.05, 3.63) is 0 Å². The monoisotopic (exact) mass is 164 g/mol. The van der Waals surface area contributed by atoms with E-state index in [0.29, 0.717) is 6.61 Å². The molecule has 4 heteroatoms. The molecule has 0 rings (SSSR count). The molecule has 68 valence electrons. The quantitative estimate of drug-likeness (QED) is 0.550. The number of methoxy groups -OCH3 is 1. The van der Waals surface area contributed by atoms with Gasteiger partial charge >= 0.3 is 0 Å². The van der Waals surface area contributed by atoms with Crippen molar-refractivity contribution in [3.63, 3.8) is 0 Å². The Balaban J connectivity index is 3.22. The van der Waals surface area contributed by atoms with Gasteiger partial charge in [-0.15, -0.1) is 0 Å². The van der Waals surface area contributed by atoms with E-state index in [0.717, 1.165) is 0 Å². The lowest BCUT2D eigenvalue weighted by molar-refractivity contribution is -0.0451. The minimum atomic E-state index is -0.783. The zero-order chi connectivity index (χ0) is 8.69. The Morgan fingerprint density at radius 1 is 1.36 bits per heavy atom. The minimum absolute atomic E-state index is 0.0406. The first-order valence-electron chi connectivity index (χ1n) is 3.60. The normalized spacial score (nSPS) is 16.4. The van der Waals surface area contributed by atoms with E-state index < -0.39 is 6.10 Å². The fourth-order valence-corrected chi connectivity index (χ4v) is 0.611. The second-order valence-corrected chi connectivity index (χ2v) is 2.44. The van der Waals surface area contributed by atoms with E-state index in [4.69, 9.17) is 19.7 Å². The molecule has 0 bridgehead atoms. The van der Waals surface area contributed by atoms with Crippen LogP contribution in [-0.4, -0.2) is 49.4 Å². The van der Waals surface area contributed by atoms with E-state index in [1.165, 1.54) is 0 Å². The third-order valence-electron chi connectivity index (χ3n) is 1.19. The molecule has 0 saturated heterocycles. The summed E-state index contributed by atoms with van der Waals surface area (Å²) >= 11 is 0. The molecule has 0 saturated carbocycles. The van der Waals surface area contributed by atoms with Gasteiger partial charge in [-0.2, -0.15) is 0 Å². The van der Waals surface area contributed by atoms with Crippen molar-refractivity contribution in [2.24, 2.45) is 0 Å². The molecule has 0 radical (unpaired) electrons. The highest BCUT2D eigenvalue weighted by Gasteiger charge is 2.05. The topological polar surface area (TPSA) is 58.9 Å². The van der Waals surface area contributed by atoms with Crippen molar-refractivity contribution in [2.45, 2.75) is 19.1 Å². The van der Waals surface area contributed by atoms with E-state index in [-0.39, 0.29) is 19.3 Å². The van der Waals surface area contributed by atoms with Crippen LogP contribution in [0.5, 0.6) is 0 Å². The number of aliphatic hydroxyl groups excluding tert-OH is 2. The van der Waals surface area contributed by atoms with Gasteiger partial charge in [0.05, 0.1) is 25.9 Å². The molecule has 0 aromatic rings. The Morgan fingerprint density at radius 3 is 2.45 bits per heavy atom. The summed E-state index contributed by atoms with van der Waals surface area (Å²) in [5, 5.41) is 17.3. The van der Waals surface area contributed by atoms with E-state index in [9.17, 15) is 0 Å². The van der Waals surface area contributed by atoms with Gasteiger partial charge in [-0.3, -0.25) is 0 Å². The third kappa shape index (κ3) is 6.25. The number of ether oxygens (including phenoxy) is 2. The zero-order valence-corrected chi connectivity index (χ0v) is 6.99. The molecule has 0 aliphatic carbocycles. The Hall–Kier alpha value is -0.160. The molecule has 2 N–H and O–H groups in total. The third-order valence-corrected chi connectivity index (χ3v) is 1.19. The van der Waals surface area contributed by atoms with Gasteiger partial charge in [-0.05, 0) is 6.92 Å². The van der Waals surface area contributed by atoms with Crippen LogP contribution in [0, 0.1) is 0 Å². The number of aliphatic hydroxyl groups is 2. The standard InChI is InChI=1S/C7H16O4/c1-6(4-10-2)11-5-7(9)3-8/h6-9H,3-5H2,1-2H3. The Morgan fingerprint density at radius 2 is 2.00 bits per heavy atom. The van der Waals surface area contributed by atoms with Gasteiger partial charge in [0.15, 0.2) is 0 Å². The lowest BCUT2D eigenvalue weighted by atomic mass is 10.4. The maximum absolute atomic E-state index is 8.86. The van der Waals surface area contributed by atoms with Crippen LogP contribution in [0.2, 0.25) is 0 Å². The minimum Gasteiger partial charge on any atom is -0.394 e. The summed E-state index contributed by atoms with van der Waals surface area (Å²) in [6.45, 7) is 2.23. The average molecular weight is 164 g/mol. The second-order valence-electron chi connectivity index (χ2n) is 2.44. The summed E-state index contributed by atoms with van der Waals surface area (Å²) in [5.74, 6) is 0. The molecule has 0 aromatic carbocycles. The van der Waals surface area contributed by atoms with Crippen molar-refractivity contribution in [1.82, 2.24) is 0 Å². The second kappa shape index (κ2) is 6.54. The van der Waals surface area contributed by atoms with Crippen LogP contribution in [0.25, 0.3) is 0 Å². The van der Waals surface area contributed by atoms with Crippen LogP contribution >= 0.6 is 0 Å². The highest BCUT2D eigenvalue weighted by molar-refractivity contribution is 4.52. The van der Waals surface area contributed by atoms with Crippen molar-refractivity contribution in [2.75, 3.05) is 26.9 Å². The summed E-state index contributed by atoms with van der Waals surface area (Å²) in [5.41, 5.74) is 0. The molecule has 0 aliphatic heterocycles. The van der Waals surface area contributed by atoms with Gasteiger partial charge in [0.1, 0.15) is 6.10 Å². The van der Waals surface area contributed by atoms with Crippen LogP contribution in [-0.2, 0) is 9.47 Å². The molecule has 2 atom stereocenters. The van der Waals surface area contributed by atoms with E-state index in [1.807, 2.05) is 6.92 Å². The Bertz CT molecular complexity index is 86.5. The van der Waals surface area contributed by atoms with Crippen molar-refractivity contribution < 1.29 is 19.7 Å². The summed E-state index contributed by atoms with van der Waals surface area (Å²) in [6, 6.07) is 0. The summed E-state index contributed by atoms with van der Waals surface area (Å²) in [7, 11) is 1.59. The van der Waals surface area contributed by atoms with E-state index in [1.54, 1.807) is 7.11 Å². The van der Waals surface area contributed by atoms with Crippen LogP contribution in [0.4, 0.5) is 0 Å². The fraction of sp³-hybridized carbons (Fsp3) is 1.00. The average Bonchev–Trinajstić information content (AvgIpc) is 2.01. The molecule has 0 heterocycles. The molecule has 0 aromatic heterocycles. The zero-order valence-electron chi connectivity index (χ0n) is 6.99. The highest BCUT2D eigenvalue weighted by Crippen LogP contribution is 1.92. The lowest BCUT2D eigenvalue weighted by Gasteiger charge is -2.13. The molecule has 4 nitrogen and oxygen atoms in total. The van der Waals surface area contributed by atoms with Crippen LogP contribution in [0.15, 0.2) is 0 Å². The predicted octanol–water partition coefficient (Wildman–Crippen LogP) is -0.609. The molecule has 0 amide bonds.